The van der Waals surface area contributed by atoms with Gasteiger partial charge in [-0.2, -0.15) is 17.5 Å². The van der Waals surface area contributed by atoms with E-state index in [4.69, 9.17) is 0 Å². The summed E-state index contributed by atoms with van der Waals surface area (Å²) in [5.74, 6) is -0.670. The van der Waals surface area contributed by atoms with Gasteiger partial charge in [-0.3, -0.25) is 19.7 Å². The molecule has 4 rings (SSSR count). The highest BCUT2D eigenvalue weighted by molar-refractivity contribution is 7.10. The number of nitrogens with one attached hydrogen (secondary N) is 2. The molecule has 1 atom stereocenters. The molecule has 1 aromatic heterocycles. The van der Waals surface area contributed by atoms with E-state index in [1.165, 1.54) is 4.90 Å². The number of hydrogen-bond donors (Lipinski definition) is 2. The number of aromatic nitrogens is 1. The third kappa shape index (κ3) is 4.49. The highest BCUT2D eigenvalue weighted by Gasteiger charge is 2.39. The molecule has 32 heavy (non-hydrogen) atoms. The van der Waals surface area contributed by atoms with Crippen LogP contribution in [-0.2, 0) is 28.9 Å². The SMILES string of the molecule is O=C1CCC(N2Cc3ccc(CNC(=O)Nc4cc(C(F)(F)F)ns4)cc3C2=O)C(=O)C1. The molecule has 0 bridgehead atoms. The predicted molar refractivity (Wildman–Crippen MR) is 107 cm³/mol. The van der Waals surface area contributed by atoms with E-state index in [1.54, 1.807) is 18.2 Å². The number of rotatable bonds is 4. The van der Waals surface area contributed by atoms with Crippen molar-refractivity contribution >= 4 is 40.0 Å². The second kappa shape index (κ2) is 8.34. The third-order valence-corrected chi connectivity index (χ3v) is 6.02. The third-order valence-electron chi connectivity index (χ3n) is 5.31. The van der Waals surface area contributed by atoms with Gasteiger partial charge in [-0.05, 0) is 35.1 Å². The average molecular weight is 466 g/mol. The largest absolute Gasteiger partial charge is 0.434 e. The Balaban J connectivity index is 1.36. The number of Topliss-reactive ketones (excluding diaryl/α,β-unsaturated/α-hetero) is 2. The topological polar surface area (TPSA) is 108 Å². The lowest BCUT2D eigenvalue weighted by Gasteiger charge is -2.29. The number of ketones is 2. The summed E-state index contributed by atoms with van der Waals surface area (Å²) in [6.07, 6.45) is -4.15. The number of benzene rings is 1. The molecular weight excluding hydrogens is 449 g/mol. The summed E-state index contributed by atoms with van der Waals surface area (Å²) in [5, 5.41) is 4.76. The van der Waals surface area contributed by atoms with Gasteiger partial charge in [0.25, 0.3) is 5.91 Å². The fourth-order valence-corrected chi connectivity index (χ4v) is 4.38. The van der Waals surface area contributed by atoms with E-state index in [2.05, 4.69) is 15.0 Å². The lowest BCUT2D eigenvalue weighted by Crippen LogP contribution is -2.44. The van der Waals surface area contributed by atoms with Gasteiger partial charge in [0.2, 0.25) is 0 Å². The molecule has 2 aromatic rings. The molecule has 3 amide bonds. The summed E-state index contributed by atoms with van der Waals surface area (Å²) in [4.78, 5) is 50.0. The molecule has 0 saturated heterocycles. The molecule has 8 nitrogen and oxygen atoms in total. The number of carbonyl (C=O) groups excluding carboxylic acids is 4. The number of alkyl halides is 3. The van der Waals surface area contributed by atoms with Crippen molar-refractivity contribution in [2.24, 2.45) is 0 Å². The lowest BCUT2D eigenvalue weighted by molar-refractivity contribution is -0.140. The number of hydrogen-bond acceptors (Lipinski definition) is 6. The van der Waals surface area contributed by atoms with E-state index < -0.39 is 23.9 Å². The van der Waals surface area contributed by atoms with Crippen molar-refractivity contribution in [2.75, 3.05) is 5.32 Å². The summed E-state index contributed by atoms with van der Waals surface area (Å²) >= 11 is 0.516. The zero-order valence-electron chi connectivity index (χ0n) is 16.5. The fraction of sp³-hybridized carbons (Fsp3) is 0.350. The number of anilines is 1. The minimum Gasteiger partial charge on any atom is -0.334 e. The molecule has 1 fully saturated rings. The molecule has 1 unspecified atom stereocenters. The fourth-order valence-electron chi connectivity index (χ4n) is 3.73. The second-order valence-electron chi connectivity index (χ2n) is 7.54. The molecule has 1 aliphatic heterocycles. The van der Waals surface area contributed by atoms with Crippen LogP contribution < -0.4 is 10.6 Å². The van der Waals surface area contributed by atoms with Gasteiger partial charge in [0.15, 0.2) is 11.5 Å². The van der Waals surface area contributed by atoms with E-state index in [0.717, 1.165) is 11.6 Å². The van der Waals surface area contributed by atoms with Crippen LogP contribution in [0, 0.1) is 0 Å². The lowest BCUT2D eigenvalue weighted by atomic mass is 9.92. The van der Waals surface area contributed by atoms with Crippen LogP contribution in [0.4, 0.5) is 23.0 Å². The molecule has 2 heterocycles. The first kappa shape index (κ1) is 21.9. The van der Waals surface area contributed by atoms with Crippen molar-refractivity contribution in [2.45, 2.75) is 44.6 Å². The average Bonchev–Trinajstić information content (AvgIpc) is 3.31. The van der Waals surface area contributed by atoms with Crippen LogP contribution >= 0.6 is 11.5 Å². The first-order valence-electron chi connectivity index (χ1n) is 9.68. The van der Waals surface area contributed by atoms with Crippen molar-refractivity contribution in [3.63, 3.8) is 0 Å². The summed E-state index contributed by atoms with van der Waals surface area (Å²) < 4.78 is 41.0. The Hall–Kier alpha value is -3.28. The van der Waals surface area contributed by atoms with Crippen molar-refractivity contribution in [1.29, 1.82) is 0 Å². The zero-order chi connectivity index (χ0) is 23.0. The zero-order valence-corrected chi connectivity index (χ0v) is 17.3. The Kier molecular flexibility index (Phi) is 5.71. The quantitative estimate of drug-likeness (QED) is 0.673. The molecule has 2 aliphatic rings. The number of fused-ring (bicyclic) bond motifs is 1. The Morgan fingerprint density at radius 3 is 2.69 bits per heavy atom. The smallest absolute Gasteiger partial charge is 0.334 e. The minimum atomic E-state index is -4.59. The van der Waals surface area contributed by atoms with Crippen molar-refractivity contribution in [3.05, 3.63) is 46.6 Å². The molecule has 12 heteroatoms. The van der Waals surface area contributed by atoms with Crippen molar-refractivity contribution in [1.82, 2.24) is 14.6 Å². The van der Waals surface area contributed by atoms with Gasteiger partial charge >= 0.3 is 12.2 Å². The van der Waals surface area contributed by atoms with Crippen LogP contribution in [0.1, 0.15) is 46.4 Å². The number of amides is 3. The highest BCUT2D eigenvalue weighted by atomic mass is 32.1. The van der Waals surface area contributed by atoms with Gasteiger partial charge in [-0.15, -0.1) is 0 Å². The van der Waals surface area contributed by atoms with Crippen LogP contribution in [0.15, 0.2) is 24.3 Å². The predicted octanol–water partition coefficient (Wildman–Crippen LogP) is 3.13. The van der Waals surface area contributed by atoms with E-state index in [9.17, 15) is 32.3 Å². The summed E-state index contributed by atoms with van der Waals surface area (Å²) in [5.41, 5.74) is 0.698. The molecule has 0 spiro atoms. The number of carbonyl (C=O) groups is 4. The standard InChI is InChI=1S/C20H17F3N4O4S/c21-20(22,23)16-7-17(32-26-16)25-19(31)24-8-10-1-2-11-9-27(18(30)13(11)5-10)14-4-3-12(28)6-15(14)29/h1-2,5,7,14H,3-4,6,8-9H2,(H2,24,25,31). The maximum Gasteiger partial charge on any atom is 0.434 e. The summed E-state index contributed by atoms with van der Waals surface area (Å²) in [6.45, 7) is 0.314. The van der Waals surface area contributed by atoms with Crippen LogP contribution in [0.5, 0.6) is 0 Å². The van der Waals surface area contributed by atoms with Crippen LogP contribution in [0.3, 0.4) is 0 Å². The van der Waals surface area contributed by atoms with Crippen LogP contribution in [0.25, 0.3) is 0 Å². The van der Waals surface area contributed by atoms with Gasteiger partial charge in [0.1, 0.15) is 10.8 Å². The Labute approximate surface area is 183 Å². The van der Waals surface area contributed by atoms with Crippen molar-refractivity contribution < 1.29 is 32.3 Å². The van der Waals surface area contributed by atoms with Gasteiger partial charge in [0, 0.05) is 31.1 Å². The summed E-state index contributed by atoms with van der Waals surface area (Å²) in [7, 11) is 0. The van der Waals surface area contributed by atoms with Gasteiger partial charge < -0.3 is 10.2 Å². The van der Waals surface area contributed by atoms with Gasteiger partial charge in [-0.1, -0.05) is 12.1 Å². The van der Waals surface area contributed by atoms with E-state index in [1.807, 2.05) is 0 Å². The van der Waals surface area contributed by atoms with Gasteiger partial charge in [-0.25, -0.2) is 4.79 Å². The summed E-state index contributed by atoms with van der Waals surface area (Å²) in [6, 6.07) is 4.49. The minimum absolute atomic E-state index is 0.0359. The number of halogens is 3. The molecule has 0 radical (unpaired) electrons. The number of urea groups is 1. The monoisotopic (exact) mass is 466 g/mol. The van der Waals surface area contributed by atoms with Crippen molar-refractivity contribution in [3.8, 4) is 0 Å². The molecule has 1 saturated carbocycles. The molecule has 168 valence electrons. The second-order valence-corrected chi connectivity index (χ2v) is 8.35. The first-order chi connectivity index (χ1) is 15.1. The normalized spacial score (nSPS) is 18.7. The van der Waals surface area contributed by atoms with Crippen LogP contribution in [0.2, 0.25) is 0 Å². The first-order valence-corrected chi connectivity index (χ1v) is 10.4. The molecule has 1 aromatic carbocycles. The Bertz CT molecular complexity index is 1110. The maximum atomic E-state index is 12.8. The Morgan fingerprint density at radius 2 is 2.00 bits per heavy atom. The highest BCUT2D eigenvalue weighted by Crippen LogP contribution is 2.32. The molecule has 1 aliphatic carbocycles. The molecular formula is C20H17F3N4O4S. The Morgan fingerprint density at radius 1 is 1.22 bits per heavy atom. The van der Waals surface area contributed by atoms with E-state index in [0.29, 0.717) is 29.1 Å². The molecule has 2 N–H and O–H groups in total. The number of nitrogens with zero attached hydrogens (tertiary/aromatic N) is 2. The van der Waals surface area contributed by atoms with Gasteiger partial charge in [0.05, 0.1) is 12.5 Å². The van der Waals surface area contributed by atoms with E-state index >= 15 is 0 Å². The van der Waals surface area contributed by atoms with Crippen LogP contribution in [-0.4, -0.2) is 38.8 Å². The van der Waals surface area contributed by atoms with E-state index in [-0.39, 0.29) is 48.4 Å². The maximum absolute atomic E-state index is 12.8.